The Balaban J connectivity index is 1.36. The maximum atomic E-state index is 13.3. The summed E-state index contributed by atoms with van der Waals surface area (Å²) in [7, 11) is 2.96. The average Bonchev–Trinajstić information content (AvgIpc) is 3.47. The summed E-state index contributed by atoms with van der Waals surface area (Å²) in [5.74, 6) is -0.0525. The van der Waals surface area contributed by atoms with Crippen LogP contribution in [0.15, 0.2) is 36.9 Å². The number of amides is 2. The lowest BCUT2D eigenvalue weighted by molar-refractivity contribution is 0.0740. The lowest BCUT2D eigenvalue weighted by Crippen LogP contribution is -2.27. The van der Waals surface area contributed by atoms with E-state index >= 15 is 0 Å². The van der Waals surface area contributed by atoms with E-state index in [9.17, 15) is 9.59 Å². The number of rotatable bonds is 6. The molecule has 0 saturated heterocycles. The lowest BCUT2D eigenvalue weighted by atomic mass is 10.0. The number of pyridine rings is 2. The minimum atomic E-state index is -0.387. The van der Waals surface area contributed by atoms with E-state index in [-0.39, 0.29) is 35.1 Å². The van der Waals surface area contributed by atoms with Crippen LogP contribution in [0.1, 0.15) is 37.1 Å². The van der Waals surface area contributed by atoms with Crippen LogP contribution in [-0.2, 0) is 13.1 Å². The number of fused-ring (bicyclic) bond motifs is 1. The number of nitrogens with one attached hydrogen (secondary N) is 1. The summed E-state index contributed by atoms with van der Waals surface area (Å²) in [6.45, 7) is 2.45. The Morgan fingerprint density at radius 1 is 1.03 bits per heavy atom. The first-order valence-corrected chi connectivity index (χ1v) is 12.2. The summed E-state index contributed by atoms with van der Waals surface area (Å²) in [4.78, 5) is 49.7. The molecular formula is C24H20ClN7O4S. The number of ether oxygens (including phenoxy) is 2. The SMILES string of the molecule is COc1cnc(Cl)cc1-c1cc(C)ncc1C(=O)Nc1nc2c(s1)CN(C(=O)c1nccnc1OC)C2. The number of nitrogens with zero attached hydrogens (tertiary/aromatic N) is 6. The fourth-order valence-electron chi connectivity index (χ4n) is 3.93. The number of aryl methyl sites for hydroxylation is 1. The van der Waals surface area contributed by atoms with Crippen LogP contribution in [0, 0.1) is 6.92 Å². The van der Waals surface area contributed by atoms with E-state index in [1.165, 1.54) is 50.3 Å². The number of methoxy groups -OCH3 is 2. The molecule has 1 aliphatic rings. The Kier molecular flexibility index (Phi) is 6.68. The number of anilines is 1. The van der Waals surface area contributed by atoms with Crippen molar-refractivity contribution in [2.45, 2.75) is 20.0 Å². The first-order chi connectivity index (χ1) is 17.9. The van der Waals surface area contributed by atoms with E-state index in [0.717, 1.165) is 10.6 Å². The smallest absolute Gasteiger partial charge is 0.278 e. The molecule has 5 heterocycles. The number of hydrogen-bond acceptors (Lipinski definition) is 10. The van der Waals surface area contributed by atoms with Crippen LogP contribution in [-0.4, -0.2) is 55.9 Å². The van der Waals surface area contributed by atoms with Crippen molar-refractivity contribution in [2.75, 3.05) is 19.5 Å². The van der Waals surface area contributed by atoms with Gasteiger partial charge < -0.3 is 14.4 Å². The van der Waals surface area contributed by atoms with Crippen LogP contribution in [0.25, 0.3) is 11.1 Å². The molecule has 0 radical (unpaired) electrons. The highest BCUT2D eigenvalue weighted by Gasteiger charge is 2.31. The molecule has 0 aliphatic carbocycles. The number of aromatic nitrogens is 5. The molecule has 0 spiro atoms. The maximum absolute atomic E-state index is 13.3. The highest BCUT2D eigenvalue weighted by Crippen LogP contribution is 2.35. The maximum Gasteiger partial charge on any atom is 0.278 e. The number of carbonyl (C=O) groups excluding carboxylic acids is 2. The first-order valence-electron chi connectivity index (χ1n) is 11.0. The minimum absolute atomic E-state index is 0.139. The number of hydrogen-bond donors (Lipinski definition) is 1. The number of thiazole rings is 1. The monoisotopic (exact) mass is 537 g/mol. The Hall–Kier alpha value is -4.16. The van der Waals surface area contributed by atoms with Crippen LogP contribution in [0.4, 0.5) is 5.13 Å². The molecule has 1 aliphatic heterocycles. The van der Waals surface area contributed by atoms with Crippen molar-refractivity contribution in [2.24, 2.45) is 0 Å². The second-order valence-corrected chi connectivity index (χ2v) is 9.47. The van der Waals surface area contributed by atoms with Crippen LogP contribution >= 0.6 is 22.9 Å². The van der Waals surface area contributed by atoms with Gasteiger partial charge in [-0.15, -0.1) is 0 Å². The second-order valence-electron chi connectivity index (χ2n) is 8.00. The molecule has 13 heteroatoms. The fourth-order valence-corrected chi connectivity index (χ4v) is 5.07. The van der Waals surface area contributed by atoms with Crippen molar-refractivity contribution >= 4 is 39.9 Å². The molecule has 1 N–H and O–H groups in total. The molecule has 188 valence electrons. The fraction of sp³-hybridized carbons (Fsp3) is 0.208. The standard InChI is InChI=1S/C24H20ClN7O4S/c1-12-6-13(14-7-19(25)29-9-17(14)35-2)15(8-28-12)21(33)31-24-30-16-10-32(11-18(16)37-24)23(34)20-22(36-3)27-5-4-26-20/h4-9H,10-11H2,1-3H3,(H,30,31,33). The average molecular weight is 538 g/mol. The Morgan fingerprint density at radius 2 is 1.84 bits per heavy atom. The van der Waals surface area contributed by atoms with E-state index in [4.69, 9.17) is 21.1 Å². The van der Waals surface area contributed by atoms with Crippen molar-refractivity contribution in [1.29, 1.82) is 0 Å². The van der Waals surface area contributed by atoms with E-state index in [1.54, 1.807) is 17.0 Å². The van der Waals surface area contributed by atoms with Gasteiger partial charge in [0.2, 0.25) is 5.88 Å². The van der Waals surface area contributed by atoms with Gasteiger partial charge in [0.15, 0.2) is 10.8 Å². The van der Waals surface area contributed by atoms with Crippen molar-refractivity contribution in [3.8, 4) is 22.8 Å². The molecule has 4 aromatic rings. The van der Waals surface area contributed by atoms with E-state index < -0.39 is 0 Å². The van der Waals surface area contributed by atoms with Crippen molar-refractivity contribution < 1.29 is 19.1 Å². The quantitative estimate of drug-likeness (QED) is 0.365. The van der Waals surface area contributed by atoms with Crippen molar-refractivity contribution in [3.63, 3.8) is 0 Å². The topological polar surface area (TPSA) is 132 Å². The molecule has 11 nitrogen and oxygen atoms in total. The Bertz CT molecular complexity index is 1500. The van der Waals surface area contributed by atoms with Crippen LogP contribution in [0.5, 0.6) is 11.6 Å². The van der Waals surface area contributed by atoms with Crippen LogP contribution in [0.2, 0.25) is 5.15 Å². The van der Waals surface area contributed by atoms with Gasteiger partial charge in [0.25, 0.3) is 11.8 Å². The predicted molar refractivity (Wildman–Crippen MR) is 136 cm³/mol. The largest absolute Gasteiger partial charge is 0.494 e. The molecule has 0 bridgehead atoms. The lowest BCUT2D eigenvalue weighted by Gasteiger charge is -2.16. The molecule has 0 atom stereocenters. The van der Waals surface area contributed by atoms with Crippen LogP contribution in [0.3, 0.4) is 0 Å². The van der Waals surface area contributed by atoms with Gasteiger partial charge in [-0.2, -0.15) is 0 Å². The van der Waals surface area contributed by atoms with E-state index in [0.29, 0.717) is 39.8 Å². The van der Waals surface area contributed by atoms with Gasteiger partial charge >= 0.3 is 0 Å². The van der Waals surface area contributed by atoms with Gasteiger partial charge in [0.05, 0.1) is 49.6 Å². The molecular weight excluding hydrogens is 518 g/mol. The zero-order valence-electron chi connectivity index (χ0n) is 20.0. The highest BCUT2D eigenvalue weighted by atomic mass is 35.5. The van der Waals surface area contributed by atoms with Crippen LogP contribution < -0.4 is 14.8 Å². The third-order valence-corrected chi connectivity index (χ3v) is 6.86. The zero-order chi connectivity index (χ0) is 26.1. The molecule has 0 saturated carbocycles. The van der Waals surface area contributed by atoms with Crippen molar-refractivity contribution in [1.82, 2.24) is 29.8 Å². The Morgan fingerprint density at radius 3 is 2.59 bits per heavy atom. The highest BCUT2D eigenvalue weighted by molar-refractivity contribution is 7.16. The van der Waals surface area contributed by atoms with Gasteiger partial charge in [0, 0.05) is 35.4 Å². The van der Waals surface area contributed by atoms with Gasteiger partial charge in [-0.1, -0.05) is 22.9 Å². The molecule has 4 aromatic heterocycles. The Labute approximate surface area is 220 Å². The van der Waals surface area contributed by atoms with Gasteiger partial charge in [0.1, 0.15) is 10.9 Å². The summed E-state index contributed by atoms with van der Waals surface area (Å²) in [5, 5.41) is 3.55. The van der Waals surface area contributed by atoms with Gasteiger partial charge in [-0.3, -0.25) is 19.9 Å². The molecule has 0 unspecified atom stereocenters. The summed E-state index contributed by atoms with van der Waals surface area (Å²) < 4.78 is 10.6. The third-order valence-electron chi connectivity index (χ3n) is 5.65. The summed E-state index contributed by atoms with van der Waals surface area (Å²) >= 11 is 7.43. The summed E-state index contributed by atoms with van der Waals surface area (Å²) in [6.07, 6.45) is 5.91. The number of halogens is 1. The van der Waals surface area contributed by atoms with Gasteiger partial charge in [-0.25, -0.2) is 19.9 Å². The van der Waals surface area contributed by atoms with Gasteiger partial charge in [-0.05, 0) is 19.1 Å². The molecule has 0 aromatic carbocycles. The van der Waals surface area contributed by atoms with E-state index in [2.05, 4.69) is 30.2 Å². The normalized spacial score (nSPS) is 12.3. The number of carbonyl (C=O) groups is 2. The zero-order valence-corrected chi connectivity index (χ0v) is 21.6. The van der Waals surface area contributed by atoms with Crippen molar-refractivity contribution in [3.05, 3.63) is 69.6 Å². The summed E-state index contributed by atoms with van der Waals surface area (Å²) in [5.41, 5.74) is 3.12. The first kappa shape index (κ1) is 24.5. The second kappa shape index (κ2) is 10.1. The molecule has 2 amide bonds. The van der Waals surface area contributed by atoms with E-state index in [1.807, 2.05) is 6.92 Å². The molecule has 5 rings (SSSR count). The third kappa shape index (κ3) is 4.80. The molecule has 37 heavy (non-hydrogen) atoms. The minimum Gasteiger partial charge on any atom is -0.494 e. The summed E-state index contributed by atoms with van der Waals surface area (Å²) in [6, 6.07) is 3.43. The predicted octanol–water partition coefficient (Wildman–Crippen LogP) is 3.78. The molecule has 0 fully saturated rings.